The Morgan fingerprint density at radius 3 is 2.17 bits per heavy atom. The number of anilines is 1. The number of rotatable bonds is 7. The molecule has 30 heavy (non-hydrogen) atoms. The van der Waals surface area contributed by atoms with E-state index >= 15 is 0 Å². The van der Waals surface area contributed by atoms with Gasteiger partial charge in [0.25, 0.3) is 0 Å². The molecule has 3 aromatic carbocycles. The third kappa shape index (κ3) is 5.74. The zero-order chi connectivity index (χ0) is 21.7. The minimum absolute atomic E-state index is 0.00317. The third-order valence-corrected chi connectivity index (χ3v) is 6.97. The summed E-state index contributed by atoms with van der Waals surface area (Å²) in [6.07, 6.45) is 0. The smallest absolute Gasteiger partial charge is 0.243 e. The summed E-state index contributed by atoms with van der Waals surface area (Å²) in [5.41, 5.74) is 1.11. The van der Waals surface area contributed by atoms with Gasteiger partial charge in [0.2, 0.25) is 15.9 Å². The maximum Gasteiger partial charge on any atom is 0.243 e. The maximum absolute atomic E-state index is 13.2. The molecular formula is C21H17Cl3N2O3S. The van der Waals surface area contributed by atoms with E-state index in [9.17, 15) is 13.2 Å². The van der Waals surface area contributed by atoms with Gasteiger partial charge < -0.3 is 5.32 Å². The molecule has 0 radical (unpaired) electrons. The van der Waals surface area contributed by atoms with Crippen molar-refractivity contribution in [3.05, 3.63) is 93.4 Å². The lowest BCUT2D eigenvalue weighted by Crippen LogP contribution is -2.37. The molecule has 0 aliphatic rings. The van der Waals surface area contributed by atoms with Crippen LogP contribution in [0.1, 0.15) is 5.56 Å². The maximum atomic E-state index is 13.2. The van der Waals surface area contributed by atoms with Gasteiger partial charge in [-0.3, -0.25) is 4.79 Å². The van der Waals surface area contributed by atoms with E-state index in [2.05, 4.69) is 5.32 Å². The summed E-state index contributed by atoms with van der Waals surface area (Å²) in [4.78, 5) is 12.7. The summed E-state index contributed by atoms with van der Waals surface area (Å²) in [5, 5.41) is 3.82. The highest BCUT2D eigenvalue weighted by Crippen LogP contribution is 2.25. The van der Waals surface area contributed by atoms with E-state index in [0.29, 0.717) is 21.3 Å². The van der Waals surface area contributed by atoms with E-state index < -0.39 is 15.9 Å². The third-order valence-electron chi connectivity index (χ3n) is 4.18. The topological polar surface area (TPSA) is 66.5 Å². The molecule has 0 fully saturated rings. The second-order valence-corrected chi connectivity index (χ2v) is 9.58. The van der Waals surface area contributed by atoms with Gasteiger partial charge >= 0.3 is 0 Å². The van der Waals surface area contributed by atoms with E-state index in [1.165, 1.54) is 18.2 Å². The van der Waals surface area contributed by atoms with E-state index in [1.807, 2.05) is 0 Å². The monoisotopic (exact) mass is 482 g/mol. The Balaban J connectivity index is 1.85. The van der Waals surface area contributed by atoms with Gasteiger partial charge in [-0.25, -0.2) is 8.42 Å². The molecule has 0 aliphatic carbocycles. The Morgan fingerprint density at radius 2 is 1.53 bits per heavy atom. The van der Waals surface area contributed by atoms with Crippen molar-refractivity contribution in [1.82, 2.24) is 4.31 Å². The van der Waals surface area contributed by atoms with Crippen LogP contribution in [0.2, 0.25) is 15.1 Å². The number of nitrogens with zero attached hydrogens (tertiary/aromatic N) is 1. The fourth-order valence-electron chi connectivity index (χ4n) is 2.70. The van der Waals surface area contributed by atoms with Gasteiger partial charge in [-0.15, -0.1) is 0 Å². The number of carbonyl (C=O) groups is 1. The van der Waals surface area contributed by atoms with Crippen LogP contribution in [0.4, 0.5) is 5.69 Å². The predicted molar refractivity (Wildman–Crippen MR) is 121 cm³/mol. The molecule has 0 spiro atoms. The molecule has 3 aromatic rings. The van der Waals surface area contributed by atoms with Crippen LogP contribution in [0.5, 0.6) is 0 Å². The average molecular weight is 484 g/mol. The highest BCUT2D eigenvalue weighted by molar-refractivity contribution is 7.89. The molecule has 5 nitrogen and oxygen atoms in total. The van der Waals surface area contributed by atoms with Gasteiger partial charge in [0.15, 0.2) is 0 Å². The number of carbonyl (C=O) groups excluding carboxylic acids is 1. The minimum atomic E-state index is -3.92. The quantitative estimate of drug-likeness (QED) is 0.484. The summed E-state index contributed by atoms with van der Waals surface area (Å²) < 4.78 is 27.5. The van der Waals surface area contributed by atoms with Gasteiger partial charge in [-0.2, -0.15) is 4.31 Å². The molecule has 1 amide bonds. The van der Waals surface area contributed by atoms with Crippen molar-refractivity contribution in [2.45, 2.75) is 11.4 Å². The molecule has 0 saturated carbocycles. The van der Waals surface area contributed by atoms with E-state index in [-0.39, 0.29) is 23.0 Å². The fourth-order valence-corrected chi connectivity index (χ4v) is 4.52. The second kappa shape index (κ2) is 9.81. The SMILES string of the molecule is O=C(CN(Cc1ccc(Cl)cc1)S(=O)(=O)c1ccccc1)Nc1ccc(Cl)c(Cl)c1. The number of benzene rings is 3. The number of nitrogens with one attached hydrogen (secondary N) is 1. The lowest BCUT2D eigenvalue weighted by atomic mass is 10.2. The van der Waals surface area contributed by atoms with Crippen LogP contribution in [0.15, 0.2) is 77.7 Å². The van der Waals surface area contributed by atoms with Crippen molar-refractivity contribution in [2.75, 3.05) is 11.9 Å². The normalized spacial score (nSPS) is 11.5. The van der Waals surface area contributed by atoms with Crippen molar-refractivity contribution >= 4 is 56.4 Å². The Labute approximate surface area is 190 Å². The van der Waals surface area contributed by atoms with Gasteiger partial charge in [0.05, 0.1) is 21.5 Å². The van der Waals surface area contributed by atoms with Gasteiger partial charge in [0, 0.05) is 17.3 Å². The van der Waals surface area contributed by atoms with Crippen molar-refractivity contribution in [3.8, 4) is 0 Å². The molecule has 0 atom stereocenters. The predicted octanol–water partition coefficient (Wildman–Crippen LogP) is 5.48. The van der Waals surface area contributed by atoms with Crippen LogP contribution in [0.25, 0.3) is 0 Å². The van der Waals surface area contributed by atoms with Crippen molar-refractivity contribution in [2.24, 2.45) is 0 Å². The van der Waals surface area contributed by atoms with Crippen LogP contribution >= 0.6 is 34.8 Å². The fraction of sp³-hybridized carbons (Fsp3) is 0.0952. The highest BCUT2D eigenvalue weighted by atomic mass is 35.5. The lowest BCUT2D eigenvalue weighted by Gasteiger charge is -2.22. The van der Waals surface area contributed by atoms with Crippen LogP contribution in [0, 0.1) is 0 Å². The number of amides is 1. The van der Waals surface area contributed by atoms with Gasteiger partial charge in [-0.1, -0.05) is 65.1 Å². The molecule has 3 rings (SSSR count). The number of sulfonamides is 1. The molecule has 0 aromatic heterocycles. The molecule has 9 heteroatoms. The van der Waals surface area contributed by atoms with E-state index in [1.54, 1.807) is 54.6 Å². The first kappa shape index (κ1) is 22.6. The Kier molecular flexibility index (Phi) is 7.39. The molecule has 156 valence electrons. The first-order valence-electron chi connectivity index (χ1n) is 8.80. The van der Waals surface area contributed by atoms with Crippen LogP contribution in [-0.2, 0) is 21.4 Å². The molecule has 1 N–H and O–H groups in total. The Hall–Kier alpha value is -2.09. The standard InChI is InChI=1S/C21H17Cl3N2O3S/c22-16-8-6-15(7-9-16)13-26(30(28,29)18-4-2-1-3-5-18)14-21(27)25-17-10-11-19(23)20(24)12-17/h1-12H,13-14H2,(H,25,27). The molecule has 0 saturated heterocycles. The van der Waals surface area contributed by atoms with Crippen molar-refractivity contribution in [1.29, 1.82) is 0 Å². The van der Waals surface area contributed by atoms with Crippen LogP contribution in [-0.4, -0.2) is 25.2 Å². The van der Waals surface area contributed by atoms with Crippen LogP contribution in [0.3, 0.4) is 0 Å². The van der Waals surface area contributed by atoms with Gasteiger partial charge in [0.1, 0.15) is 0 Å². The zero-order valence-electron chi connectivity index (χ0n) is 15.6. The summed E-state index contributed by atoms with van der Waals surface area (Å²) in [7, 11) is -3.92. The summed E-state index contributed by atoms with van der Waals surface area (Å²) >= 11 is 17.8. The second-order valence-electron chi connectivity index (χ2n) is 6.39. The highest BCUT2D eigenvalue weighted by Gasteiger charge is 2.27. The largest absolute Gasteiger partial charge is 0.325 e. The number of halogens is 3. The van der Waals surface area contributed by atoms with Crippen molar-refractivity contribution < 1.29 is 13.2 Å². The molecule has 0 bridgehead atoms. The molecule has 0 unspecified atom stereocenters. The van der Waals surface area contributed by atoms with E-state index in [4.69, 9.17) is 34.8 Å². The Bertz CT molecular complexity index is 1140. The first-order chi connectivity index (χ1) is 14.3. The van der Waals surface area contributed by atoms with Crippen LogP contribution < -0.4 is 5.32 Å². The zero-order valence-corrected chi connectivity index (χ0v) is 18.6. The van der Waals surface area contributed by atoms with Gasteiger partial charge in [-0.05, 0) is 48.0 Å². The lowest BCUT2D eigenvalue weighted by molar-refractivity contribution is -0.116. The average Bonchev–Trinajstić information content (AvgIpc) is 2.72. The first-order valence-corrected chi connectivity index (χ1v) is 11.4. The summed E-state index contributed by atoms with van der Waals surface area (Å²) in [5.74, 6) is -0.512. The van der Waals surface area contributed by atoms with E-state index in [0.717, 1.165) is 4.31 Å². The summed E-state index contributed by atoms with van der Waals surface area (Å²) in [6.45, 7) is -0.386. The number of hydrogen-bond donors (Lipinski definition) is 1. The summed E-state index contributed by atoms with van der Waals surface area (Å²) in [6, 6.07) is 19.3. The molecular weight excluding hydrogens is 467 g/mol. The number of hydrogen-bond acceptors (Lipinski definition) is 3. The Morgan fingerprint density at radius 1 is 0.867 bits per heavy atom. The molecule has 0 aliphatic heterocycles. The molecule has 0 heterocycles. The van der Waals surface area contributed by atoms with Crippen molar-refractivity contribution in [3.63, 3.8) is 0 Å². The minimum Gasteiger partial charge on any atom is -0.325 e.